The monoisotopic (exact) mass is 275 g/mol. The first-order chi connectivity index (χ1) is 9.58. The van der Waals surface area contributed by atoms with Crippen molar-refractivity contribution in [1.82, 2.24) is 15.0 Å². The molecule has 20 heavy (non-hydrogen) atoms. The van der Waals surface area contributed by atoms with Crippen molar-refractivity contribution in [1.29, 1.82) is 0 Å². The van der Waals surface area contributed by atoms with E-state index in [1.54, 1.807) is 32.3 Å². The molecule has 2 rings (SSSR count). The summed E-state index contributed by atoms with van der Waals surface area (Å²) >= 11 is 0. The van der Waals surface area contributed by atoms with E-state index in [1.807, 2.05) is 0 Å². The number of benzene rings is 1. The molecule has 1 aromatic carbocycles. The quantitative estimate of drug-likeness (QED) is 0.790. The molecule has 2 aromatic rings. The van der Waals surface area contributed by atoms with E-state index in [1.165, 1.54) is 11.3 Å². The predicted octanol–water partition coefficient (Wildman–Crippen LogP) is 1.01. The normalized spacial score (nSPS) is 10.3. The Hall–Kier alpha value is -2.57. The predicted molar refractivity (Wildman–Crippen MR) is 75.4 cm³/mol. The van der Waals surface area contributed by atoms with Crippen molar-refractivity contribution in [3.8, 4) is 0 Å². The number of nitrogens with two attached hydrogens (primary N) is 1. The third-order valence-electron chi connectivity index (χ3n) is 2.75. The number of hydrogen-bond acceptors (Lipinski definition) is 6. The van der Waals surface area contributed by atoms with Gasteiger partial charge in [-0.1, -0.05) is 5.16 Å². The third-order valence-corrected chi connectivity index (χ3v) is 2.75. The molecule has 7 nitrogen and oxygen atoms in total. The van der Waals surface area contributed by atoms with E-state index in [4.69, 9.17) is 5.73 Å². The number of nitrogens with zero attached hydrogens (tertiary/aromatic N) is 3. The Labute approximate surface area is 116 Å². The fourth-order valence-electron chi connectivity index (χ4n) is 1.75. The minimum atomic E-state index is -0.0768. The van der Waals surface area contributed by atoms with Crippen LogP contribution in [0.3, 0.4) is 0 Å². The second-order valence-electron chi connectivity index (χ2n) is 4.53. The topological polar surface area (TPSA) is 97.3 Å². The van der Waals surface area contributed by atoms with Crippen molar-refractivity contribution in [3.63, 3.8) is 0 Å². The highest BCUT2D eigenvalue weighted by Crippen LogP contribution is 2.20. The summed E-state index contributed by atoms with van der Waals surface area (Å²) in [6, 6.07) is 5.17. The van der Waals surface area contributed by atoms with Crippen LogP contribution in [0.15, 0.2) is 29.1 Å². The zero-order chi connectivity index (χ0) is 14.5. The van der Waals surface area contributed by atoms with E-state index in [9.17, 15) is 4.79 Å². The largest absolute Gasteiger partial charge is 0.399 e. The average molecular weight is 275 g/mol. The zero-order valence-electron chi connectivity index (χ0n) is 11.5. The molecule has 1 aromatic heterocycles. The van der Waals surface area contributed by atoms with Gasteiger partial charge in [0, 0.05) is 38.4 Å². The van der Waals surface area contributed by atoms with Gasteiger partial charge >= 0.3 is 0 Å². The van der Waals surface area contributed by atoms with E-state index in [0.29, 0.717) is 35.7 Å². The Morgan fingerprint density at radius 1 is 1.45 bits per heavy atom. The number of hydrogen-bond donors (Lipinski definition) is 2. The van der Waals surface area contributed by atoms with Crippen LogP contribution in [-0.4, -0.2) is 41.6 Å². The maximum Gasteiger partial charge on any atom is 0.255 e. The minimum absolute atomic E-state index is 0.0768. The number of carbonyl (C=O) groups is 1. The number of nitrogen functional groups attached to an aromatic ring is 1. The molecule has 0 aliphatic carbocycles. The lowest BCUT2D eigenvalue weighted by atomic mass is 10.1. The SMILES string of the molecule is CN(C)C(=O)c1ccc(N)cc1NCCc1ncon1. The fraction of sp³-hybridized carbons (Fsp3) is 0.308. The molecule has 1 amide bonds. The number of carbonyl (C=O) groups excluding carboxylic acids is 1. The van der Waals surface area contributed by atoms with Gasteiger partial charge in [0.2, 0.25) is 6.39 Å². The molecule has 0 saturated carbocycles. The second kappa shape index (κ2) is 6.05. The lowest BCUT2D eigenvalue weighted by Crippen LogP contribution is -2.23. The first-order valence-electron chi connectivity index (χ1n) is 6.18. The van der Waals surface area contributed by atoms with Crippen LogP contribution < -0.4 is 11.1 Å². The van der Waals surface area contributed by atoms with Gasteiger partial charge < -0.3 is 20.5 Å². The minimum Gasteiger partial charge on any atom is -0.399 e. The van der Waals surface area contributed by atoms with Crippen LogP contribution in [0.25, 0.3) is 0 Å². The van der Waals surface area contributed by atoms with Crippen LogP contribution >= 0.6 is 0 Å². The van der Waals surface area contributed by atoms with Crippen molar-refractivity contribution in [2.24, 2.45) is 0 Å². The number of aromatic nitrogens is 2. The summed E-state index contributed by atoms with van der Waals surface area (Å²) in [4.78, 5) is 17.5. The molecule has 0 aliphatic heterocycles. The first-order valence-corrected chi connectivity index (χ1v) is 6.18. The molecular weight excluding hydrogens is 258 g/mol. The van der Waals surface area contributed by atoms with Crippen LogP contribution in [0.1, 0.15) is 16.2 Å². The fourth-order valence-corrected chi connectivity index (χ4v) is 1.75. The Morgan fingerprint density at radius 3 is 2.90 bits per heavy atom. The molecule has 1 heterocycles. The van der Waals surface area contributed by atoms with Crippen LogP contribution in [0.5, 0.6) is 0 Å². The van der Waals surface area contributed by atoms with Gasteiger partial charge in [0.25, 0.3) is 5.91 Å². The van der Waals surface area contributed by atoms with Gasteiger partial charge in [-0.05, 0) is 18.2 Å². The molecule has 7 heteroatoms. The van der Waals surface area contributed by atoms with E-state index >= 15 is 0 Å². The van der Waals surface area contributed by atoms with Gasteiger partial charge in [0.05, 0.1) is 5.56 Å². The average Bonchev–Trinajstić information content (AvgIpc) is 2.91. The van der Waals surface area contributed by atoms with Gasteiger partial charge in [-0.3, -0.25) is 4.79 Å². The zero-order valence-corrected chi connectivity index (χ0v) is 11.5. The lowest BCUT2D eigenvalue weighted by Gasteiger charge is -2.15. The van der Waals surface area contributed by atoms with E-state index < -0.39 is 0 Å². The van der Waals surface area contributed by atoms with Crippen LogP contribution in [0.2, 0.25) is 0 Å². The third kappa shape index (κ3) is 3.25. The molecule has 0 bridgehead atoms. The van der Waals surface area contributed by atoms with Crippen molar-refractivity contribution in [2.45, 2.75) is 6.42 Å². The summed E-state index contributed by atoms with van der Waals surface area (Å²) < 4.78 is 4.66. The first kappa shape index (κ1) is 13.9. The maximum absolute atomic E-state index is 12.1. The maximum atomic E-state index is 12.1. The Morgan fingerprint density at radius 2 is 2.25 bits per heavy atom. The molecule has 3 N–H and O–H groups in total. The van der Waals surface area contributed by atoms with Gasteiger partial charge in [0.1, 0.15) is 0 Å². The lowest BCUT2D eigenvalue weighted by molar-refractivity contribution is 0.0828. The van der Waals surface area contributed by atoms with Crippen molar-refractivity contribution in [3.05, 3.63) is 36.0 Å². The Bertz CT molecular complexity index is 580. The molecule has 0 spiro atoms. The van der Waals surface area contributed by atoms with Crippen molar-refractivity contribution < 1.29 is 9.32 Å². The van der Waals surface area contributed by atoms with Crippen LogP contribution in [-0.2, 0) is 6.42 Å². The van der Waals surface area contributed by atoms with Crippen molar-refractivity contribution in [2.75, 3.05) is 31.7 Å². The molecule has 0 unspecified atom stereocenters. The smallest absolute Gasteiger partial charge is 0.255 e. The highest BCUT2D eigenvalue weighted by molar-refractivity contribution is 5.99. The Balaban J connectivity index is 2.09. The van der Waals surface area contributed by atoms with Gasteiger partial charge in [-0.2, -0.15) is 4.98 Å². The molecule has 0 saturated heterocycles. The second-order valence-corrected chi connectivity index (χ2v) is 4.53. The van der Waals surface area contributed by atoms with E-state index in [0.717, 1.165) is 0 Å². The number of amides is 1. The molecule has 0 aliphatic rings. The summed E-state index contributed by atoms with van der Waals surface area (Å²) in [5.41, 5.74) is 7.65. The summed E-state index contributed by atoms with van der Waals surface area (Å²) in [6.07, 6.45) is 1.89. The number of anilines is 2. The molecular formula is C13H17N5O2. The van der Waals surface area contributed by atoms with Gasteiger partial charge in [-0.25, -0.2) is 0 Å². The summed E-state index contributed by atoms with van der Waals surface area (Å²) in [7, 11) is 3.42. The highest BCUT2D eigenvalue weighted by atomic mass is 16.5. The van der Waals surface area contributed by atoms with Crippen LogP contribution in [0, 0.1) is 0 Å². The number of rotatable bonds is 5. The molecule has 106 valence electrons. The standard InChI is InChI=1S/C13H17N5O2/c1-18(2)13(19)10-4-3-9(14)7-11(10)15-6-5-12-16-8-20-17-12/h3-4,7-8,15H,5-6,14H2,1-2H3. The van der Waals surface area contributed by atoms with E-state index in [2.05, 4.69) is 20.0 Å². The summed E-state index contributed by atoms with van der Waals surface area (Å²) in [5.74, 6) is 0.536. The summed E-state index contributed by atoms with van der Waals surface area (Å²) in [5, 5.41) is 6.90. The summed E-state index contributed by atoms with van der Waals surface area (Å²) in [6.45, 7) is 0.580. The van der Waals surface area contributed by atoms with Gasteiger partial charge in [0.15, 0.2) is 5.82 Å². The molecule has 0 fully saturated rings. The number of nitrogens with one attached hydrogen (secondary N) is 1. The molecule has 0 atom stereocenters. The van der Waals surface area contributed by atoms with E-state index in [-0.39, 0.29) is 5.91 Å². The van der Waals surface area contributed by atoms with Gasteiger partial charge in [-0.15, -0.1) is 0 Å². The van der Waals surface area contributed by atoms with Crippen LogP contribution in [0.4, 0.5) is 11.4 Å². The highest BCUT2D eigenvalue weighted by Gasteiger charge is 2.13. The van der Waals surface area contributed by atoms with Crippen molar-refractivity contribution >= 4 is 17.3 Å². The Kier molecular flexibility index (Phi) is 4.19. The molecule has 0 radical (unpaired) electrons.